The Morgan fingerprint density at radius 2 is 1.30 bits per heavy atom. The summed E-state index contributed by atoms with van der Waals surface area (Å²) in [4.78, 5) is 23.5. The molecule has 30 heavy (non-hydrogen) atoms. The van der Waals surface area contributed by atoms with Crippen molar-refractivity contribution in [2.24, 2.45) is 59.2 Å². The molecule has 0 amide bonds. The van der Waals surface area contributed by atoms with E-state index >= 15 is 0 Å². The number of carbonyl (C=O) groups is 2. The Morgan fingerprint density at radius 3 is 1.67 bits per heavy atom. The van der Waals surface area contributed by atoms with Gasteiger partial charge in [-0.2, -0.15) is 0 Å². The second kappa shape index (κ2) is 8.13. The molecule has 0 saturated heterocycles. The number of fused-ring (bicyclic) bond motifs is 2. The van der Waals surface area contributed by atoms with Crippen LogP contribution in [-0.2, 0) is 14.3 Å². The molecule has 6 fully saturated rings. The molecule has 0 aromatic carbocycles. The van der Waals surface area contributed by atoms with Gasteiger partial charge in [-0.3, -0.25) is 9.59 Å². The fraction of sp³-hybridized carbons (Fsp3) is 0.923. The summed E-state index contributed by atoms with van der Waals surface area (Å²) in [7, 11) is 0. The molecule has 0 aromatic rings. The van der Waals surface area contributed by atoms with Gasteiger partial charge in [-0.1, -0.05) is 27.7 Å². The van der Waals surface area contributed by atoms with E-state index in [4.69, 9.17) is 9.84 Å². The van der Waals surface area contributed by atoms with E-state index in [2.05, 4.69) is 20.8 Å². The molecule has 0 aromatic heterocycles. The molecule has 0 spiro atoms. The van der Waals surface area contributed by atoms with E-state index in [0.717, 1.165) is 35.5 Å². The molecule has 6 rings (SSSR count). The smallest absolute Gasteiger partial charge is 0.310 e. The number of carbonyl (C=O) groups excluding carboxylic acids is 1. The van der Waals surface area contributed by atoms with Gasteiger partial charge in [0.05, 0.1) is 11.8 Å². The molecule has 6 bridgehead atoms. The summed E-state index contributed by atoms with van der Waals surface area (Å²) in [6.45, 7) is 10.2. The molecule has 4 heteroatoms. The van der Waals surface area contributed by atoms with Crippen LogP contribution in [0.3, 0.4) is 0 Å². The van der Waals surface area contributed by atoms with Crippen LogP contribution in [-0.4, -0.2) is 22.6 Å². The molecule has 6 saturated carbocycles. The third-order valence-corrected chi connectivity index (χ3v) is 10.4. The normalized spacial score (nSPS) is 47.4. The number of aliphatic carboxylic acids is 1. The molecule has 6 aliphatic carbocycles. The fourth-order valence-corrected chi connectivity index (χ4v) is 7.88. The number of rotatable bonds is 4. The Balaban J connectivity index is 0.000000200. The van der Waals surface area contributed by atoms with Crippen molar-refractivity contribution in [2.75, 3.05) is 0 Å². The molecule has 170 valence electrons. The highest BCUT2D eigenvalue weighted by Crippen LogP contribution is 2.59. The average Bonchev–Trinajstić information content (AvgIpc) is 3.28. The third kappa shape index (κ3) is 3.81. The van der Waals surface area contributed by atoms with Crippen LogP contribution in [0.2, 0.25) is 0 Å². The summed E-state index contributed by atoms with van der Waals surface area (Å²) < 4.78 is 5.95. The Morgan fingerprint density at radius 1 is 0.833 bits per heavy atom. The van der Waals surface area contributed by atoms with Crippen LogP contribution < -0.4 is 0 Å². The van der Waals surface area contributed by atoms with Crippen molar-refractivity contribution in [3.63, 3.8) is 0 Å². The lowest BCUT2D eigenvalue weighted by Gasteiger charge is -2.59. The summed E-state index contributed by atoms with van der Waals surface area (Å²) in [6, 6.07) is 0. The second-order valence-corrected chi connectivity index (χ2v) is 11.9. The van der Waals surface area contributed by atoms with E-state index in [1.165, 1.54) is 44.9 Å². The molecular weight excluding hydrogens is 376 g/mol. The molecule has 6 unspecified atom stereocenters. The van der Waals surface area contributed by atoms with E-state index in [1.807, 2.05) is 0 Å². The van der Waals surface area contributed by atoms with Crippen LogP contribution in [0.4, 0.5) is 0 Å². The number of esters is 1. The minimum atomic E-state index is -0.935. The Hall–Kier alpha value is -1.06. The maximum Gasteiger partial charge on any atom is 0.310 e. The number of carboxylic acids is 1. The van der Waals surface area contributed by atoms with E-state index in [0.29, 0.717) is 11.8 Å². The molecular formula is C26H42O4. The Labute approximate surface area is 182 Å². The predicted molar refractivity (Wildman–Crippen MR) is 117 cm³/mol. The van der Waals surface area contributed by atoms with Crippen molar-refractivity contribution >= 4 is 11.9 Å². The van der Waals surface area contributed by atoms with Gasteiger partial charge in [-0.25, -0.2) is 0 Å². The summed E-state index contributed by atoms with van der Waals surface area (Å²) in [5, 5.41) is 9.07. The molecule has 6 aliphatic rings. The summed E-state index contributed by atoms with van der Waals surface area (Å²) in [5.74, 6) is 4.38. The maximum atomic E-state index is 12.4. The largest absolute Gasteiger partial charge is 0.481 e. The first-order valence-electron chi connectivity index (χ1n) is 12.6. The van der Waals surface area contributed by atoms with Gasteiger partial charge in [0.1, 0.15) is 5.60 Å². The molecule has 4 nitrogen and oxygen atoms in total. The van der Waals surface area contributed by atoms with Crippen molar-refractivity contribution in [1.29, 1.82) is 0 Å². The topological polar surface area (TPSA) is 63.6 Å². The number of hydrogen-bond acceptors (Lipinski definition) is 3. The van der Waals surface area contributed by atoms with Gasteiger partial charge in [0.15, 0.2) is 0 Å². The molecule has 0 aliphatic heterocycles. The zero-order chi connectivity index (χ0) is 21.8. The zero-order valence-electron chi connectivity index (χ0n) is 19.6. The minimum Gasteiger partial charge on any atom is -0.481 e. The van der Waals surface area contributed by atoms with E-state index in [1.54, 1.807) is 20.3 Å². The monoisotopic (exact) mass is 418 g/mol. The highest BCUT2D eigenvalue weighted by molar-refractivity contribution is 5.80. The summed E-state index contributed by atoms with van der Waals surface area (Å²) in [6.07, 6.45) is 10.7. The number of hydrogen-bond donors (Lipinski definition) is 1. The SMILES string of the molecule is CC(C(=O)O)C(C)C(=O)OC1(C)C2CC3CC(C2)CC1C3.CC1C2CCC(C2)C1C. The predicted octanol–water partition coefficient (Wildman–Crippen LogP) is 5.79. The van der Waals surface area contributed by atoms with Crippen LogP contribution in [0.1, 0.15) is 86.0 Å². The fourth-order valence-electron chi connectivity index (χ4n) is 7.88. The highest BCUT2D eigenvalue weighted by atomic mass is 16.6. The maximum absolute atomic E-state index is 12.4. The van der Waals surface area contributed by atoms with Crippen molar-refractivity contribution < 1.29 is 19.4 Å². The van der Waals surface area contributed by atoms with E-state index < -0.39 is 17.8 Å². The van der Waals surface area contributed by atoms with Crippen molar-refractivity contribution in [3.8, 4) is 0 Å². The van der Waals surface area contributed by atoms with E-state index in [9.17, 15) is 9.59 Å². The molecule has 0 heterocycles. The average molecular weight is 419 g/mol. The van der Waals surface area contributed by atoms with Crippen LogP contribution in [0.15, 0.2) is 0 Å². The molecule has 0 radical (unpaired) electrons. The van der Waals surface area contributed by atoms with Crippen LogP contribution in [0, 0.1) is 59.2 Å². The Bertz CT molecular complexity index is 624. The number of carboxylic acid groups (broad SMARTS) is 1. The second-order valence-electron chi connectivity index (χ2n) is 11.9. The van der Waals surface area contributed by atoms with Crippen molar-refractivity contribution in [3.05, 3.63) is 0 Å². The van der Waals surface area contributed by atoms with Crippen LogP contribution in [0.5, 0.6) is 0 Å². The quantitative estimate of drug-likeness (QED) is 0.587. The summed E-state index contributed by atoms with van der Waals surface area (Å²) in [5.41, 5.74) is -0.364. The van der Waals surface area contributed by atoms with Crippen molar-refractivity contribution in [2.45, 2.75) is 91.6 Å². The lowest BCUT2D eigenvalue weighted by atomic mass is 9.50. The van der Waals surface area contributed by atoms with E-state index in [-0.39, 0.29) is 11.6 Å². The highest BCUT2D eigenvalue weighted by Gasteiger charge is 2.57. The first-order valence-corrected chi connectivity index (χ1v) is 12.6. The third-order valence-electron chi connectivity index (χ3n) is 10.4. The summed E-state index contributed by atoms with van der Waals surface area (Å²) >= 11 is 0. The molecule has 1 N–H and O–H groups in total. The van der Waals surface area contributed by atoms with Crippen molar-refractivity contribution in [1.82, 2.24) is 0 Å². The first-order chi connectivity index (χ1) is 14.1. The zero-order valence-corrected chi connectivity index (χ0v) is 19.6. The Kier molecular flexibility index (Phi) is 6.00. The lowest BCUT2D eigenvalue weighted by Crippen LogP contribution is -2.58. The van der Waals surface area contributed by atoms with Gasteiger partial charge < -0.3 is 9.84 Å². The van der Waals surface area contributed by atoms with Gasteiger partial charge >= 0.3 is 11.9 Å². The van der Waals surface area contributed by atoms with Gasteiger partial charge in [0, 0.05) is 0 Å². The van der Waals surface area contributed by atoms with Gasteiger partial charge in [0.2, 0.25) is 0 Å². The lowest BCUT2D eigenvalue weighted by molar-refractivity contribution is -0.208. The van der Waals surface area contributed by atoms with Gasteiger partial charge in [0.25, 0.3) is 0 Å². The van der Waals surface area contributed by atoms with Crippen LogP contribution in [0.25, 0.3) is 0 Å². The van der Waals surface area contributed by atoms with Crippen LogP contribution >= 0.6 is 0 Å². The van der Waals surface area contributed by atoms with Gasteiger partial charge in [-0.05, 0) is 106 Å². The van der Waals surface area contributed by atoms with Gasteiger partial charge in [-0.15, -0.1) is 0 Å². The number of ether oxygens (including phenoxy) is 1. The first kappa shape index (κ1) is 22.1. The minimum absolute atomic E-state index is 0.333. The molecule has 6 atom stereocenters. The standard InChI is InChI=1S/C17H26O4.C9H16/c1-9(15(18)19)10(2)16(20)21-17(3)13-5-11-4-12(7-13)8-14(17)6-11;1-6-7(2)9-4-3-8(6)5-9/h9-14H,4-8H2,1-3H3,(H,18,19);6-9H,3-5H2,1-2H3.